The molecule has 2 aromatic carbocycles. The highest BCUT2D eigenvalue weighted by molar-refractivity contribution is 7.86. The van der Waals surface area contributed by atoms with E-state index in [0.717, 1.165) is 22.8 Å². The van der Waals surface area contributed by atoms with E-state index >= 15 is 0 Å². The van der Waals surface area contributed by atoms with Crippen molar-refractivity contribution in [2.75, 3.05) is 178 Å². The fourth-order valence-corrected chi connectivity index (χ4v) is 10.2. The Morgan fingerprint density at radius 3 is 1.46 bits per heavy atom. The van der Waals surface area contributed by atoms with Gasteiger partial charge in [-0.15, -0.1) is 0 Å². The number of ether oxygens (including phenoxy) is 12. The van der Waals surface area contributed by atoms with Crippen LogP contribution in [0.4, 0.5) is 11.4 Å². The molecular weight excluding hydrogens is 1070 g/mol. The second kappa shape index (κ2) is 36.6. The first-order valence-electron chi connectivity index (χ1n) is 27.0. The Balaban J connectivity index is 1.50. The van der Waals surface area contributed by atoms with Crippen LogP contribution in [0.5, 0.6) is 0 Å². The second-order valence-electron chi connectivity index (χ2n) is 19.0. The zero-order chi connectivity index (χ0) is 57.4. The van der Waals surface area contributed by atoms with Crippen LogP contribution in [0, 0.1) is 0 Å². The van der Waals surface area contributed by atoms with Crippen LogP contribution >= 0.6 is 0 Å². The van der Waals surface area contributed by atoms with E-state index in [1.54, 1.807) is 26.4 Å². The van der Waals surface area contributed by atoms with Gasteiger partial charge in [-0.3, -0.25) is 9.35 Å². The monoisotopic (exact) mass is 1160 g/mol. The van der Waals surface area contributed by atoms with Crippen molar-refractivity contribution in [1.82, 2.24) is 0 Å². The van der Waals surface area contributed by atoms with Gasteiger partial charge < -0.3 is 71.4 Å². The predicted molar refractivity (Wildman–Crippen MR) is 293 cm³/mol. The lowest BCUT2D eigenvalue weighted by Crippen LogP contribution is -2.33. The van der Waals surface area contributed by atoms with Gasteiger partial charge >= 0.3 is 5.97 Å². The molecule has 0 fully saturated rings. The Morgan fingerprint density at radius 1 is 0.595 bits per heavy atom. The van der Waals surface area contributed by atoms with Crippen molar-refractivity contribution < 1.29 is 97.3 Å². The van der Waals surface area contributed by atoms with E-state index in [-0.39, 0.29) is 36.0 Å². The first kappa shape index (κ1) is 67.7. The second-order valence-corrected chi connectivity index (χ2v) is 21.8. The summed E-state index contributed by atoms with van der Waals surface area (Å²) in [5.41, 5.74) is 2.75. The summed E-state index contributed by atoms with van der Waals surface area (Å²) in [5, 5.41) is 9.32. The average Bonchev–Trinajstić information content (AvgIpc) is 4.07. The van der Waals surface area contributed by atoms with Crippen LogP contribution in [0.2, 0.25) is 0 Å². The van der Waals surface area contributed by atoms with Gasteiger partial charge in [-0.05, 0) is 88.4 Å². The van der Waals surface area contributed by atoms with Crippen molar-refractivity contribution in [3.63, 3.8) is 0 Å². The summed E-state index contributed by atoms with van der Waals surface area (Å²) in [6.45, 7) is 15.8. The summed E-state index contributed by atoms with van der Waals surface area (Å²) in [6, 6.07) is 8.99. The Bertz CT molecular complexity index is 2440. The van der Waals surface area contributed by atoms with Crippen LogP contribution in [0.3, 0.4) is 0 Å². The van der Waals surface area contributed by atoms with E-state index in [1.165, 1.54) is 24.3 Å². The Hall–Kier alpha value is -3.80. The molecular formula is C55H86N2O20S2. The largest absolute Gasteiger partial charge is 0.744 e. The number of carbonyl (C=O) groups is 1. The SMILES string of the molecule is CCN1/C(=C/C=C/C2=[N+](CCCCCC(=O)O)c3ccc(S(=O)(=O)O)cc3C2(C)CCOCCOCCOCCOCCOCCOC)C(C)(CCOCCOCCOCCOCCOCCOC)c2cc(S(=O)(=O)[O-])ccc21. The standard InChI is InChI=1S/C55H86N2O20S2/c1-6-56-49-16-14-45(78(60,61)62)43-47(49)54(2,18-21-68-27-29-72-35-37-76-41-39-74-33-31-70-25-23-66-4)51(56)11-10-12-52-55(3,19-22-69-28-30-73-36-38-77-42-40-75-34-32-71-26-24-67-5)48-44-46(79(63,64)65)15-17-50(48)57(52)20-9-7-8-13-53(58)59/h10-12,14-17,43-44H,6-9,13,18-42H2,1-5H3,(H2-,58,59,60,61,62,63,64,65). The van der Waals surface area contributed by atoms with Gasteiger partial charge in [-0.1, -0.05) is 6.08 Å². The maximum atomic E-state index is 12.6. The lowest BCUT2D eigenvalue weighted by atomic mass is 9.76. The highest BCUT2D eigenvalue weighted by Crippen LogP contribution is 2.51. The maximum Gasteiger partial charge on any atom is 0.303 e. The molecule has 2 aromatic rings. The molecule has 2 N–H and O–H groups in total. The lowest BCUT2D eigenvalue weighted by Gasteiger charge is -2.30. The first-order chi connectivity index (χ1) is 38.0. The molecule has 2 aliphatic rings. The van der Waals surface area contributed by atoms with E-state index in [1.807, 2.05) is 39.0 Å². The molecule has 0 saturated heterocycles. The normalized spacial score (nSPS) is 18.0. The molecule has 2 aliphatic heterocycles. The molecule has 0 saturated carbocycles. The number of anilines is 1. The number of methoxy groups -OCH3 is 2. The van der Waals surface area contributed by atoms with Gasteiger partial charge in [0.05, 0.1) is 147 Å². The summed E-state index contributed by atoms with van der Waals surface area (Å²) in [6.07, 6.45) is 8.42. The maximum absolute atomic E-state index is 12.6. The molecule has 22 nitrogen and oxygen atoms in total. The fourth-order valence-electron chi connectivity index (χ4n) is 9.24. The fraction of sp³-hybridized carbons (Fsp3) is 0.673. The Labute approximate surface area is 467 Å². The minimum atomic E-state index is -4.79. The number of nitrogens with zero attached hydrogens (tertiary/aromatic N) is 2. The molecule has 0 spiro atoms. The number of benzene rings is 2. The smallest absolute Gasteiger partial charge is 0.303 e. The molecule has 24 heteroatoms. The number of fused-ring (bicyclic) bond motifs is 2. The van der Waals surface area contributed by atoms with Crippen LogP contribution in [-0.2, 0) is 92.7 Å². The van der Waals surface area contributed by atoms with Crippen LogP contribution in [0.1, 0.15) is 70.4 Å². The first-order valence-corrected chi connectivity index (χ1v) is 29.9. The van der Waals surface area contributed by atoms with Crippen molar-refractivity contribution in [1.29, 1.82) is 0 Å². The number of rotatable bonds is 47. The van der Waals surface area contributed by atoms with Gasteiger partial charge in [0.15, 0.2) is 5.71 Å². The minimum absolute atomic E-state index is 0.0299. The Kier molecular flexibility index (Phi) is 31.4. The van der Waals surface area contributed by atoms with Crippen molar-refractivity contribution in [3.05, 3.63) is 71.5 Å². The zero-order valence-electron chi connectivity index (χ0n) is 46.9. The summed E-state index contributed by atoms with van der Waals surface area (Å²) >= 11 is 0. The quantitative estimate of drug-likeness (QED) is 0.0483. The molecule has 0 aromatic heterocycles. The molecule has 0 aliphatic carbocycles. The summed E-state index contributed by atoms with van der Waals surface area (Å²) in [5.74, 6) is -0.878. The van der Waals surface area contributed by atoms with E-state index < -0.39 is 37.0 Å². The molecule has 2 heterocycles. The molecule has 2 atom stereocenters. The van der Waals surface area contributed by atoms with Crippen molar-refractivity contribution in [2.24, 2.45) is 0 Å². The molecule has 2 unspecified atom stereocenters. The van der Waals surface area contributed by atoms with Crippen LogP contribution < -0.4 is 4.90 Å². The molecule has 0 amide bonds. The minimum Gasteiger partial charge on any atom is -0.744 e. The van der Waals surface area contributed by atoms with E-state index in [0.29, 0.717) is 182 Å². The molecule has 448 valence electrons. The molecule has 0 radical (unpaired) electrons. The number of likely N-dealkylation sites (N-methyl/N-ethyl adjacent to an activating group) is 1. The highest BCUT2D eigenvalue weighted by Gasteiger charge is 2.48. The summed E-state index contributed by atoms with van der Waals surface area (Å²) in [4.78, 5) is 12.9. The van der Waals surface area contributed by atoms with Gasteiger partial charge in [0.25, 0.3) is 10.1 Å². The lowest BCUT2D eigenvalue weighted by molar-refractivity contribution is -0.438. The number of aliphatic carboxylic acids is 1. The van der Waals surface area contributed by atoms with Gasteiger partial charge in [0.2, 0.25) is 5.69 Å². The van der Waals surface area contributed by atoms with E-state index in [4.69, 9.17) is 56.8 Å². The van der Waals surface area contributed by atoms with E-state index in [9.17, 15) is 35.8 Å². The number of allylic oxidation sites excluding steroid dienone is 4. The number of hydrogen-bond donors (Lipinski definition) is 2. The van der Waals surface area contributed by atoms with Gasteiger partial charge in [-0.25, -0.2) is 8.42 Å². The number of carboxylic acids is 1. The third-order valence-electron chi connectivity index (χ3n) is 13.4. The number of hydrogen-bond acceptors (Lipinski definition) is 19. The molecule has 4 rings (SSSR count). The summed E-state index contributed by atoms with van der Waals surface area (Å²) < 4.78 is 141. The molecule has 0 bridgehead atoms. The van der Waals surface area contributed by atoms with Gasteiger partial charge in [0.1, 0.15) is 16.7 Å². The third-order valence-corrected chi connectivity index (χ3v) is 15.1. The predicted octanol–water partition coefficient (Wildman–Crippen LogP) is 5.32. The van der Waals surface area contributed by atoms with Crippen LogP contribution in [0.15, 0.2) is 70.1 Å². The van der Waals surface area contributed by atoms with E-state index in [2.05, 4.69) is 9.48 Å². The van der Waals surface area contributed by atoms with Crippen molar-refractivity contribution in [2.45, 2.75) is 79.9 Å². The summed E-state index contributed by atoms with van der Waals surface area (Å²) in [7, 11) is -6.14. The topological polar surface area (TPSA) is 266 Å². The van der Waals surface area contributed by atoms with Crippen molar-refractivity contribution in [3.8, 4) is 0 Å². The number of unbranched alkanes of at least 4 members (excludes halogenated alkanes) is 2. The highest BCUT2D eigenvalue weighted by atomic mass is 32.2. The van der Waals surface area contributed by atoms with Gasteiger partial charge in [-0.2, -0.15) is 13.0 Å². The van der Waals surface area contributed by atoms with Gasteiger partial charge in [0, 0.05) is 81.3 Å². The number of carboxylic acid groups (broad SMARTS) is 1. The molecule has 79 heavy (non-hydrogen) atoms. The van der Waals surface area contributed by atoms with Crippen molar-refractivity contribution >= 4 is 43.3 Å². The average molecular weight is 1160 g/mol. The third kappa shape index (κ3) is 22.8. The van der Waals surface area contributed by atoms with Crippen LogP contribution in [-0.4, -0.2) is 220 Å². The van der Waals surface area contributed by atoms with Crippen LogP contribution in [0.25, 0.3) is 0 Å². The zero-order valence-corrected chi connectivity index (χ0v) is 48.5. The Morgan fingerprint density at radius 2 is 1.03 bits per heavy atom.